The van der Waals surface area contributed by atoms with Crippen molar-refractivity contribution in [1.29, 1.82) is 0 Å². The molecule has 0 radical (unpaired) electrons. The van der Waals surface area contributed by atoms with E-state index >= 15 is 0 Å². The predicted molar refractivity (Wildman–Crippen MR) is 83.0 cm³/mol. The van der Waals surface area contributed by atoms with Gasteiger partial charge < -0.3 is 5.11 Å². The Morgan fingerprint density at radius 3 is 2.70 bits per heavy atom. The molecule has 3 rings (SSSR count). The summed E-state index contributed by atoms with van der Waals surface area (Å²) in [5.41, 5.74) is 3.90. The molecule has 0 atom stereocenters. The zero-order valence-electron chi connectivity index (χ0n) is 11.0. The molecule has 0 aliphatic heterocycles. The summed E-state index contributed by atoms with van der Waals surface area (Å²) in [5.74, 6) is 0. The number of hydrogen-bond acceptors (Lipinski definition) is 2. The van der Waals surface area contributed by atoms with Crippen molar-refractivity contribution >= 4 is 23.1 Å². The molecule has 2 aromatic carbocycles. The van der Waals surface area contributed by atoms with Gasteiger partial charge in [0.1, 0.15) is 0 Å². The van der Waals surface area contributed by atoms with Crippen LogP contribution in [0.3, 0.4) is 0 Å². The molecule has 1 heterocycles. The number of benzene rings is 2. The Balaban J connectivity index is 1.89. The highest BCUT2D eigenvalue weighted by atomic mass is 16.3. The number of fused-ring (bicyclic) bond motifs is 1. The Kier molecular flexibility index (Phi) is 3.57. The third kappa shape index (κ3) is 2.76. The van der Waals surface area contributed by atoms with Crippen molar-refractivity contribution < 1.29 is 5.11 Å². The molecule has 20 heavy (non-hydrogen) atoms. The van der Waals surface area contributed by atoms with Crippen LogP contribution >= 0.6 is 0 Å². The van der Waals surface area contributed by atoms with Crippen molar-refractivity contribution in [2.45, 2.75) is 6.61 Å². The van der Waals surface area contributed by atoms with Crippen molar-refractivity contribution in [3.05, 3.63) is 77.5 Å². The molecule has 2 nitrogen and oxygen atoms in total. The number of rotatable bonds is 3. The van der Waals surface area contributed by atoms with Crippen molar-refractivity contribution in [3.63, 3.8) is 0 Å². The van der Waals surface area contributed by atoms with E-state index in [0.717, 1.165) is 27.7 Å². The standard InChI is InChI=1S/C18H15NO/c20-13-15-5-3-4-14(12-15)8-10-17-11-9-16-6-1-2-7-18(16)19-17/h1-12,20H,13H2/b10-8+. The van der Waals surface area contributed by atoms with Gasteiger partial charge in [0.05, 0.1) is 17.8 Å². The van der Waals surface area contributed by atoms with E-state index in [1.54, 1.807) is 0 Å². The van der Waals surface area contributed by atoms with Crippen LogP contribution in [0, 0.1) is 0 Å². The summed E-state index contributed by atoms with van der Waals surface area (Å²) in [6, 6.07) is 20.0. The molecule has 3 aromatic rings. The fraction of sp³-hybridized carbons (Fsp3) is 0.0556. The van der Waals surface area contributed by atoms with Crippen LogP contribution in [0.2, 0.25) is 0 Å². The number of aromatic nitrogens is 1. The van der Waals surface area contributed by atoms with Gasteiger partial charge in [0.15, 0.2) is 0 Å². The number of pyridine rings is 1. The smallest absolute Gasteiger partial charge is 0.0709 e. The lowest BCUT2D eigenvalue weighted by Gasteiger charge is -2.00. The average molecular weight is 261 g/mol. The van der Waals surface area contributed by atoms with Crippen LogP contribution in [0.1, 0.15) is 16.8 Å². The topological polar surface area (TPSA) is 33.1 Å². The number of aliphatic hydroxyl groups excluding tert-OH is 1. The Hall–Kier alpha value is -2.45. The summed E-state index contributed by atoms with van der Waals surface area (Å²) in [7, 11) is 0. The van der Waals surface area contributed by atoms with Crippen LogP contribution in [0.4, 0.5) is 0 Å². The third-order valence-electron chi connectivity index (χ3n) is 3.20. The number of hydrogen-bond donors (Lipinski definition) is 1. The summed E-state index contributed by atoms with van der Waals surface area (Å²) in [4.78, 5) is 4.60. The third-order valence-corrected chi connectivity index (χ3v) is 3.20. The van der Waals surface area contributed by atoms with Gasteiger partial charge in [-0.25, -0.2) is 4.98 Å². The van der Waals surface area contributed by atoms with Gasteiger partial charge in [-0.3, -0.25) is 0 Å². The van der Waals surface area contributed by atoms with Crippen molar-refractivity contribution in [3.8, 4) is 0 Å². The maximum Gasteiger partial charge on any atom is 0.0709 e. The summed E-state index contributed by atoms with van der Waals surface area (Å²) in [6.07, 6.45) is 4.00. The minimum absolute atomic E-state index is 0.0654. The predicted octanol–water partition coefficient (Wildman–Crippen LogP) is 3.90. The maximum atomic E-state index is 9.13. The summed E-state index contributed by atoms with van der Waals surface area (Å²) >= 11 is 0. The Morgan fingerprint density at radius 2 is 1.80 bits per heavy atom. The van der Waals surface area contributed by atoms with Crippen LogP contribution in [-0.4, -0.2) is 10.1 Å². The molecular formula is C18H15NO. The zero-order chi connectivity index (χ0) is 13.8. The molecule has 0 amide bonds. The minimum Gasteiger partial charge on any atom is -0.392 e. The van der Waals surface area contributed by atoms with Crippen LogP contribution in [0.25, 0.3) is 23.1 Å². The van der Waals surface area contributed by atoms with Crippen LogP contribution in [-0.2, 0) is 6.61 Å². The van der Waals surface area contributed by atoms with Crippen LogP contribution in [0.5, 0.6) is 0 Å². The second-order valence-corrected chi connectivity index (χ2v) is 4.67. The molecule has 1 N–H and O–H groups in total. The molecule has 2 heteroatoms. The van der Waals surface area contributed by atoms with E-state index in [1.807, 2.05) is 60.7 Å². The SMILES string of the molecule is OCc1cccc(/C=C/c2ccc3ccccc3n2)c1. The molecule has 0 saturated carbocycles. The second-order valence-electron chi connectivity index (χ2n) is 4.67. The van der Waals surface area contributed by atoms with E-state index in [1.165, 1.54) is 0 Å². The van der Waals surface area contributed by atoms with Crippen molar-refractivity contribution in [1.82, 2.24) is 4.98 Å². The molecule has 0 spiro atoms. The van der Waals surface area contributed by atoms with Gasteiger partial charge in [0.2, 0.25) is 0 Å². The van der Waals surface area contributed by atoms with Crippen molar-refractivity contribution in [2.75, 3.05) is 0 Å². The maximum absolute atomic E-state index is 9.13. The van der Waals surface area contributed by atoms with Gasteiger partial charge in [-0.05, 0) is 35.4 Å². The van der Waals surface area contributed by atoms with E-state index in [0.29, 0.717) is 0 Å². The van der Waals surface area contributed by atoms with Crippen LogP contribution in [0.15, 0.2) is 60.7 Å². The number of nitrogens with zero attached hydrogens (tertiary/aromatic N) is 1. The van der Waals surface area contributed by atoms with Crippen LogP contribution < -0.4 is 0 Å². The van der Waals surface area contributed by atoms with E-state index in [2.05, 4.69) is 17.1 Å². The largest absolute Gasteiger partial charge is 0.392 e. The first-order valence-corrected chi connectivity index (χ1v) is 6.59. The first kappa shape index (κ1) is 12.6. The second kappa shape index (κ2) is 5.68. The molecule has 1 aromatic heterocycles. The molecule has 0 aliphatic rings. The lowest BCUT2D eigenvalue weighted by atomic mass is 10.1. The van der Waals surface area contributed by atoms with Gasteiger partial charge >= 0.3 is 0 Å². The van der Waals surface area contributed by atoms with Gasteiger partial charge in [-0.2, -0.15) is 0 Å². The first-order valence-electron chi connectivity index (χ1n) is 6.59. The number of aliphatic hydroxyl groups is 1. The summed E-state index contributed by atoms with van der Waals surface area (Å²) < 4.78 is 0. The van der Waals surface area contributed by atoms with Gasteiger partial charge in [-0.1, -0.05) is 48.5 Å². The fourth-order valence-corrected chi connectivity index (χ4v) is 2.15. The number of para-hydroxylation sites is 1. The lowest BCUT2D eigenvalue weighted by molar-refractivity contribution is 0.282. The van der Waals surface area contributed by atoms with E-state index in [4.69, 9.17) is 5.11 Å². The minimum atomic E-state index is 0.0654. The monoisotopic (exact) mass is 261 g/mol. The molecule has 0 aliphatic carbocycles. The Morgan fingerprint density at radius 1 is 0.900 bits per heavy atom. The van der Waals surface area contributed by atoms with Crippen molar-refractivity contribution in [2.24, 2.45) is 0 Å². The van der Waals surface area contributed by atoms with E-state index in [9.17, 15) is 0 Å². The quantitative estimate of drug-likeness (QED) is 0.775. The van der Waals surface area contributed by atoms with E-state index < -0.39 is 0 Å². The highest BCUT2D eigenvalue weighted by molar-refractivity contribution is 5.80. The average Bonchev–Trinajstić information content (AvgIpc) is 2.53. The molecule has 0 bridgehead atoms. The summed E-state index contributed by atoms with van der Waals surface area (Å²) in [6.45, 7) is 0.0654. The molecule has 0 saturated heterocycles. The molecular weight excluding hydrogens is 246 g/mol. The Bertz CT molecular complexity index is 762. The van der Waals surface area contributed by atoms with Gasteiger partial charge in [-0.15, -0.1) is 0 Å². The first-order chi connectivity index (χ1) is 9.85. The molecule has 0 unspecified atom stereocenters. The van der Waals surface area contributed by atoms with Gasteiger partial charge in [0.25, 0.3) is 0 Å². The molecule has 0 fully saturated rings. The lowest BCUT2D eigenvalue weighted by Crippen LogP contribution is -1.84. The zero-order valence-corrected chi connectivity index (χ0v) is 11.0. The van der Waals surface area contributed by atoms with Gasteiger partial charge in [0, 0.05) is 5.39 Å². The normalized spacial score (nSPS) is 11.2. The highest BCUT2D eigenvalue weighted by Gasteiger charge is 1.95. The highest BCUT2D eigenvalue weighted by Crippen LogP contribution is 2.14. The Labute approximate surface area is 118 Å². The van der Waals surface area contributed by atoms with E-state index in [-0.39, 0.29) is 6.61 Å². The molecule has 98 valence electrons. The fourth-order valence-electron chi connectivity index (χ4n) is 2.15. The summed E-state index contributed by atoms with van der Waals surface area (Å²) in [5, 5.41) is 10.3.